The molecule has 28 heavy (non-hydrogen) atoms. The normalized spacial score (nSPS) is 16.7. The second-order valence-corrected chi connectivity index (χ2v) is 7.91. The maximum atomic E-state index is 4.61. The van der Waals surface area contributed by atoms with Crippen LogP contribution in [0.3, 0.4) is 0 Å². The summed E-state index contributed by atoms with van der Waals surface area (Å²) in [4.78, 5) is 16.0. The predicted molar refractivity (Wildman–Crippen MR) is 114 cm³/mol. The van der Waals surface area contributed by atoms with Crippen LogP contribution in [0.25, 0.3) is 0 Å². The third-order valence-electron chi connectivity index (χ3n) is 5.02. The number of aryl methyl sites for hydroxylation is 2. The summed E-state index contributed by atoms with van der Waals surface area (Å²) in [6.07, 6.45) is 4.89. The summed E-state index contributed by atoms with van der Waals surface area (Å²) >= 11 is 1.50. The predicted octanol–water partition coefficient (Wildman–Crippen LogP) is 0.834. The Kier molecular flexibility index (Phi) is 6.84. The molecule has 0 saturated carbocycles. The maximum Gasteiger partial charge on any atom is 0.205 e. The van der Waals surface area contributed by atoms with Gasteiger partial charge in [-0.2, -0.15) is 9.47 Å². The van der Waals surface area contributed by atoms with Crippen molar-refractivity contribution in [2.24, 2.45) is 12.0 Å². The van der Waals surface area contributed by atoms with Crippen molar-refractivity contribution >= 4 is 22.6 Å². The number of hydrogen-bond donors (Lipinski definition) is 1. The van der Waals surface area contributed by atoms with E-state index in [0.717, 1.165) is 56.1 Å². The number of anilines is 1. The van der Waals surface area contributed by atoms with Gasteiger partial charge in [-0.15, -0.1) is 0 Å². The van der Waals surface area contributed by atoms with Crippen molar-refractivity contribution in [1.29, 1.82) is 0 Å². The van der Waals surface area contributed by atoms with Gasteiger partial charge in [-0.05, 0) is 14.1 Å². The van der Waals surface area contributed by atoms with Gasteiger partial charge in [0.1, 0.15) is 5.82 Å². The lowest BCUT2D eigenvalue weighted by atomic mass is 10.1. The van der Waals surface area contributed by atoms with Gasteiger partial charge >= 0.3 is 0 Å². The largest absolute Gasteiger partial charge is 0.354 e. The fourth-order valence-corrected chi connectivity index (χ4v) is 4.16. The summed E-state index contributed by atoms with van der Waals surface area (Å²) < 4.78 is 6.25. The molecular weight excluding hydrogens is 374 g/mol. The molecule has 3 heterocycles. The van der Waals surface area contributed by atoms with Crippen LogP contribution in [-0.4, -0.2) is 88.8 Å². The first-order valence-corrected chi connectivity index (χ1v) is 10.5. The average Bonchev–Trinajstić information content (AvgIpc) is 3.34. The summed E-state index contributed by atoms with van der Waals surface area (Å²) in [6.45, 7) is 6.56. The number of rotatable bonds is 6. The quantitative estimate of drug-likeness (QED) is 0.563. The van der Waals surface area contributed by atoms with Gasteiger partial charge in [-0.25, -0.2) is 4.98 Å². The van der Waals surface area contributed by atoms with E-state index < -0.39 is 0 Å². The molecule has 0 spiro atoms. The Bertz CT molecular complexity index is 774. The molecule has 2 aromatic heterocycles. The molecule has 1 saturated heterocycles. The fourth-order valence-electron chi connectivity index (χ4n) is 3.36. The molecular formula is C18H31N9S. The molecule has 3 rings (SSSR count). The van der Waals surface area contributed by atoms with Gasteiger partial charge < -0.3 is 20.0 Å². The van der Waals surface area contributed by atoms with E-state index in [2.05, 4.69) is 66.7 Å². The smallest absolute Gasteiger partial charge is 0.205 e. The summed E-state index contributed by atoms with van der Waals surface area (Å²) in [6, 6.07) is 0.237. The number of aliphatic imine (C=N–C) groups is 1. The van der Waals surface area contributed by atoms with Gasteiger partial charge in [0.05, 0.1) is 12.2 Å². The third kappa shape index (κ3) is 4.79. The van der Waals surface area contributed by atoms with E-state index in [1.807, 2.05) is 25.0 Å². The minimum absolute atomic E-state index is 0.237. The van der Waals surface area contributed by atoms with Crippen molar-refractivity contribution in [3.63, 3.8) is 0 Å². The van der Waals surface area contributed by atoms with Gasteiger partial charge in [0.15, 0.2) is 5.96 Å². The number of likely N-dealkylation sites (N-methyl/N-ethyl adjacent to an activating group) is 1. The van der Waals surface area contributed by atoms with Crippen LogP contribution >= 0.6 is 11.5 Å². The standard InChI is InChI=1S/C18H31N9S/c1-6-16-22-18(28-23-16)27-9-7-26(8-10-27)17(19-2)20-12-15(24(3)4)14-11-21-25(5)13-14/h11,13,15H,6-10,12H2,1-5H3,(H,19,20). The molecule has 154 valence electrons. The van der Waals surface area contributed by atoms with Crippen LogP contribution in [0.2, 0.25) is 0 Å². The molecule has 1 unspecified atom stereocenters. The Morgan fingerprint density at radius 3 is 2.61 bits per heavy atom. The zero-order valence-electron chi connectivity index (χ0n) is 17.5. The van der Waals surface area contributed by atoms with E-state index in [0.29, 0.717) is 0 Å². The SMILES string of the molecule is CCc1nsc(N2CCN(C(=NC)NCC(c3cnn(C)c3)N(C)C)CC2)n1. The molecule has 1 fully saturated rings. The van der Waals surface area contributed by atoms with Crippen LogP contribution in [0.5, 0.6) is 0 Å². The number of guanidine groups is 1. The molecule has 0 bridgehead atoms. The van der Waals surface area contributed by atoms with Crippen molar-refractivity contribution in [3.8, 4) is 0 Å². The highest BCUT2D eigenvalue weighted by Gasteiger charge is 2.23. The van der Waals surface area contributed by atoms with Crippen molar-refractivity contribution < 1.29 is 0 Å². The van der Waals surface area contributed by atoms with E-state index in [1.165, 1.54) is 17.1 Å². The van der Waals surface area contributed by atoms with E-state index in [-0.39, 0.29) is 6.04 Å². The molecule has 1 aliphatic rings. The molecule has 0 radical (unpaired) electrons. The van der Waals surface area contributed by atoms with Crippen molar-refractivity contribution in [3.05, 3.63) is 23.8 Å². The van der Waals surface area contributed by atoms with Crippen LogP contribution in [0, 0.1) is 0 Å². The topological polar surface area (TPSA) is 77.7 Å². The lowest BCUT2D eigenvalue weighted by Gasteiger charge is -2.36. The monoisotopic (exact) mass is 405 g/mol. The Morgan fingerprint density at radius 2 is 2.07 bits per heavy atom. The van der Waals surface area contributed by atoms with Crippen molar-refractivity contribution in [2.75, 3.05) is 58.8 Å². The van der Waals surface area contributed by atoms with Crippen LogP contribution in [0.4, 0.5) is 5.13 Å². The fraction of sp³-hybridized carbons (Fsp3) is 0.667. The minimum Gasteiger partial charge on any atom is -0.354 e. The number of aromatic nitrogens is 4. The van der Waals surface area contributed by atoms with E-state index >= 15 is 0 Å². The van der Waals surface area contributed by atoms with Gasteiger partial charge in [-0.1, -0.05) is 6.92 Å². The first-order valence-electron chi connectivity index (χ1n) is 9.70. The lowest BCUT2D eigenvalue weighted by molar-refractivity contribution is 0.292. The molecule has 1 aliphatic heterocycles. The molecule has 0 amide bonds. The zero-order chi connectivity index (χ0) is 20.1. The Hall–Kier alpha value is -2.20. The highest BCUT2D eigenvalue weighted by Crippen LogP contribution is 2.20. The minimum atomic E-state index is 0.237. The van der Waals surface area contributed by atoms with Crippen LogP contribution < -0.4 is 10.2 Å². The van der Waals surface area contributed by atoms with Crippen LogP contribution in [0.1, 0.15) is 24.4 Å². The first kappa shape index (κ1) is 20.5. The van der Waals surface area contributed by atoms with E-state index in [9.17, 15) is 0 Å². The highest BCUT2D eigenvalue weighted by atomic mass is 32.1. The number of hydrogen-bond acceptors (Lipinski definition) is 7. The van der Waals surface area contributed by atoms with Gasteiger partial charge in [0.25, 0.3) is 0 Å². The number of nitrogens with zero attached hydrogens (tertiary/aromatic N) is 8. The van der Waals surface area contributed by atoms with Crippen molar-refractivity contribution in [1.82, 2.24) is 34.3 Å². The van der Waals surface area contributed by atoms with E-state index in [4.69, 9.17) is 0 Å². The van der Waals surface area contributed by atoms with Gasteiger partial charge in [-0.3, -0.25) is 9.67 Å². The highest BCUT2D eigenvalue weighted by molar-refractivity contribution is 7.09. The summed E-state index contributed by atoms with van der Waals surface area (Å²) in [7, 11) is 7.98. The van der Waals surface area contributed by atoms with Crippen molar-refractivity contribution in [2.45, 2.75) is 19.4 Å². The second kappa shape index (κ2) is 9.33. The third-order valence-corrected chi connectivity index (χ3v) is 5.84. The molecule has 1 N–H and O–H groups in total. The molecule has 10 heteroatoms. The average molecular weight is 406 g/mol. The maximum absolute atomic E-state index is 4.61. The molecule has 9 nitrogen and oxygen atoms in total. The molecule has 0 aromatic carbocycles. The lowest BCUT2D eigenvalue weighted by Crippen LogP contribution is -2.53. The summed E-state index contributed by atoms with van der Waals surface area (Å²) in [5, 5.41) is 8.89. The van der Waals surface area contributed by atoms with Crippen LogP contribution in [-0.2, 0) is 13.5 Å². The molecule has 0 aliphatic carbocycles. The Morgan fingerprint density at radius 1 is 1.32 bits per heavy atom. The van der Waals surface area contributed by atoms with Gasteiger partial charge in [0, 0.05) is 76.5 Å². The van der Waals surface area contributed by atoms with Gasteiger partial charge in [0.2, 0.25) is 5.13 Å². The van der Waals surface area contributed by atoms with Crippen LogP contribution in [0.15, 0.2) is 17.4 Å². The number of nitrogens with one attached hydrogen (secondary N) is 1. The Labute approximate surface area is 171 Å². The first-order chi connectivity index (χ1) is 13.5. The van der Waals surface area contributed by atoms with E-state index in [1.54, 1.807) is 0 Å². The number of piperazine rings is 1. The molecule has 2 aromatic rings. The second-order valence-electron chi connectivity index (χ2n) is 7.18. The summed E-state index contributed by atoms with van der Waals surface area (Å²) in [5.41, 5.74) is 1.20. The summed E-state index contributed by atoms with van der Waals surface area (Å²) in [5.74, 6) is 1.88. The Balaban J connectivity index is 1.55. The molecule has 1 atom stereocenters. The zero-order valence-corrected chi connectivity index (χ0v) is 18.3.